The van der Waals surface area contributed by atoms with Crippen molar-refractivity contribution < 1.29 is 19.2 Å². The van der Waals surface area contributed by atoms with Gasteiger partial charge in [-0.1, -0.05) is 30.3 Å². The molecule has 0 aliphatic heterocycles. The number of hydrogen-bond donors (Lipinski definition) is 0. The highest BCUT2D eigenvalue weighted by Crippen LogP contribution is 2.02. The summed E-state index contributed by atoms with van der Waals surface area (Å²) in [6.45, 7) is 3.92. The molecule has 0 aliphatic rings. The Morgan fingerprint density at radius 2 is 1.28 bits per heavy atom. The van der Waals surface area contributed by atoms with E-state index in [4.69, 9.17) is 0 Å². The topological polar surface area (TPSA) is 68.3 Å². The lowest BCUT2D eigenvalue weighted by Gasteiger charge is -1.95. The molecule has 1 aromatic carbocycles. The van der Waals surface area contributed by atoms with Gasteiger partial charge in [0.05, 0.1) is 6.42 Å². The molecule has 0 spiro atoms. The largest absolute Gasteiger partial charge is 0.300 e. The van der Waals surface area contributed by atoms with Gasteiger partial charge < -0.3 is 0 Å². The summed E-state index contributed by atoms with van der Waals surface area (Å²) in [6, 6.07) is 8.84. The van der Waals surface area contributed by atoms with E-state index in [0.29, 0.717) is 5.56 Å². The maximum atomic E-state index is 11.2. The highest BCUT2D eigenvalue weighted by molar-refractivity contribution is 6.35. The van der Waals surface area contributed by atoms with Gasteiger partial charge in [0.2, 0.25) is 0 Å². The van der Waals surface area contributed by atoms with Crippen molar-refractivity contribution in [1.29, 1.82) is 0 Å². The molecule has 0 bridgehead atoms. The van der Waals surface area contributed by atoms with E-state index in [9.17, 15) is 19.2 Å². The van der Waals surface area contributed by atoms with Crippen molar-refractivity contribution in [2.24, 2.45) is 0 Å². The quantitative estimate of drug-likeness (QED) is 0.464. The SMILES string of the molecule is CC(=O)C(C)=O.CC(=O)CC(=O)c1ccccc1. The molecule has 0 heterocycles. The van der Waals surface area contributed by atoms with Crippen LogP contribution < -0.4 is 0 Å². The number of carbonyl (C=O) groups excluding carboxylic acids is 4. The van der Waals surface area contributed by atoms with E-state index in [1.807, 2.05) is 6.07 Å². The van der Waals surface area contributed by atoms with Crippen LogP contribution in [-0.4, -0.2) is 23.1 Å². The molecule has 0 amide bonds. The van der Waals surface area contributed by atoms with Crippen LogP contribution in [0.25, 0.3) is 0 Å². The third kappa shape index (κ3) is 7.22. The summed E-state index contributed by atoms with van der Waals surface area (Å²) in [5, 5.41) is 0. The minimum atomic E-state index is -0.380. The number of rotatable bonds is 4. The molecule has 1 aromatic rings. The van der Waals surface area contributed by atoms with Gasteiger partial charge in [0.15, 0.2) is 17.3 Å². The molecule has 0 radical (unpaired) electrons. The van der Waals surface area contributed by atoms with Crippen LogP contribution in [0.4, 0.5) is 0 Å². The number of Topliss-reactive ketones (excluding diaryl/α,β-unsaturated/α-hetero) is 4. The molecule has 18 heavy (non-hydrogen) atoms. The molecule has 4 nitrogen and oxygen atoms in total. The van der Waals surface area contributed by atoms with Gasteiger partial charge in [0.25, 0.3) is 0 Å². The van der Waals surface area contributed by atoms with Crippen LogP contribution in [0.2, 0.25) is 0 Å². The van der Waals surface area contributed by atoms with Crippen molar-refractivity contribution in [2.75, 3.05) is 0 Å². The van der Waals surface area contributed by atoms with Gasteiger partial charge in [-0.15, -0.1) is 0 Å². The van der Waals surface area contributed by atoms with E-state index in [2.05, 4.69) is 0 Å². The lowest BCUT2D eigenvalue weighted by molar-refractivity contribution is -0.134. The predicted molar refractivity (Wildman–Crippen MR) is 67.4 cm³/mol. The normalized spacial score (nSPS) is 8.83. The van der Waals surface area contributed by atoms with Crippen molar-refractivity contribution in [3.05, 3.63) is 35.9 Å². The van der Waals surface area contributed by atoms with Crippen LogP contribution in [-0.2, 0) is 14.4 Å². The Morgan fingerprint density at radius 3 is 1.61 bits per heavy atom. The fraction of sp³-hybridized carbons (Fsp3) is 0.286. The van der Waals surface area contributed by atoms with Crippen LogP contribution in [0, 0.1) is 0 Å². The fourth-order valence-corrected chi connectivity index (χ4v) is 0.952. The summed E-state index contributed by atoms with van der Waals surface area (Å²) in [4.78, 5) is 41.4. The first-order chi connectivity index (χ1) is 8.34. The predicted octanol–water partition coefficient (Wildman–Crippen LogP) is 2.01. The van der Waals surface area contributed by atoms with Crippen LogP contribution in [0.5, 0.6) is 0 Å². The zero-order chi connectivity index (χ0) is 14.1. The van der Waals surface area contributed by atoms with E-state index >= 15 is 0 Å². The Morgan fingerprint density at radius 1 is 0.833 bits per heavy atom. The van der Waals surface area contributed by atoms with Crippen LogP contribution >= 0.6 is 0 Å². The van der Waals surface area contributed by atoms with E-state index in [1.165, 1.54) is 20.8 Å². The first-order valence-corrected chi connectivity index (χ1v) is 5.43. The highest BCUT2D eigenvalue weighted by Gasteiger charge is 2.06. The smallest absolute Gasteiger partial charge is 0.195 e. The molecule has 0 saturated heterocycles. The van der Waals surface area contributed by atoms with Gasteiger partial charge in [-0.05, 0) is 6.92 Å². The number of benzene rings is 1. The Balaban J connectivity index is 0.000000411. The average Bonchev–Trinajstić information content (AvgIpc) is 2.30. The Labute approximate surface area is 106 Å². The van der Waals surface area contributed by atoms with Gasteiger partial charge in [0.1, 0.15) is 5.78 Å². The van der Waals surface area contributed by atoms with Crippen molar-refractivity contribution in [1.82, 2.24) is 0 Å². The van der Waals surface area contributed by atoms with Crippen LogP contribution in [0.3, 0.4) is 0 Å². The van der Waals surface area contributed by atoms with Gasteiger partial charge in [-0.3, -0.25) is 19.2 Å². The van der Waals surface area contributed by atoms with E-state index in [1.54, 1.807) is 24.3 Å². The van der Waals surface area contributed by atoms with Crippen molar-refractivity contribution in [2.45, 2.75) is 27.2 Å². The average molecular weight is 248 g/mol. The monoisotopic (exact) mass is 248 g/mol. The maximum absolute atomic E-state index is 11.2. The maximum Gasteiger partial charge on any atom is 0.195 e. The second kappa shape index (κ2) is 8.06. The summed E-state index contributed by atoms with van der Waals surface area (Å²) >= 11 is 0. The molecule has 96 valence electrons. The molecule has 0 unspecified atom stereocenters. The lowest BCUT2D eigenvalue weighted by atomic mass is 10.1. The van der Waals surface area contributed by atoms with Crippen LogP contribution in [0.1, 0.15) is 37.6 Å². The molecule has 0 saturated carbocycles. The van der Waals surface area contributed by atoms with Gasteiger partial charge in [0, 0.05) is 19.4 Å². The Bertz CT molecular complexity index is 434. The second-order valence-electron chi connectivity index (χ2n) is 3.78. The van der Waals surface area contributed by atoms with E-state index < -0.39 is 0 Å². The summed E-state index contributed by atoms with van der Waals surface area (Å²) in [5.74, 6) is -0.961. The third-order valence-electron chi connectivity index (χ3n) is 2.00. The van der Waals surface area contributed by atoms with Crippen molar-refractivity contribution >= 4 is 23.1 Å². The molecule has 0 aliphatic carbocycles. The molecular formula is C14H16O4. The number of carbonyl (C=O) groups is 4. The fourth-order valence-electron chi connectivity index (χ4n) is 0.952. The molecule has 0 fully saturated rings. The molecule has 4 heteroatoms. The zero-order valence-electron chi connectivity index (χ0n) is 10.7. The van der Waals surface area contributed by atoms with Crippen LogP contribution in [0.15, 0.2) is 30.3 Å². The molecule has 0 atom stereocenters. The first-order valence-electron chi connectivity index (χ1n) is 5.43. The second-order valence-corrected chi connectivity index (χ2v) is 3.78. The van der Waals surface area contributed by atoms with Gasteiger partial charge >= 0.3 is 0 Å². The minimum absolute atomic E-state index is 0.00398. The Hall–Kier alpha value is -2.10. The summed E-state index contributed by atoms with van der Waals surface area (Å²) in [6.07, 6.45) is 0.00398. The number of hydrogen-bond acceptors (Lipinski definition) is 4. The highest BCUT2D eigenvalue weighted by atomic mass is 16.2. The lowest BCUT2D eigenvalue weighted by Crippen LogP contribution is -2.04. The summed E-state index contributed by atoms with van der Waals surface area (Å²) in [7, 11) is 0. The first kappa shape index (κ1) is 15.9. The number of ketones is 4. The molecule has 0 N–H and O–H groups in total. The minimum Gasteiger partial charge on any atom is -0.300 e. The van der Waals surface area contributed by atoms with Gasteiger partial charge in [-0.25, -0.2) is 0 Å². The molecule has 0 aromatic heterocycles. The standard InChI is InChI=1S/C10H10O2.C4H6O2/c1-8(11)7-10(12)9-5-3-2-4-6-9;1-3(5)4(2)6/h2-6H,7H2,1H3;1-2H3. The van der Waals surface area contributed by atoms with Gasteiger partial charge in [-0.2, -0.15) is 0 Å². The van der Waals surface area contributed by atoms with E-state index in [-0.39, 0.29) is 29.6 Å². The van der Waals surface area contributed by atoms with Crippen molar-refractivity contribution in [3.63, 3.8) is 0 Å². The van der Waals surface area contributed by atoms with Crippen molar-refractivity contribution in [3.8, 4) is 0 Å². The Kier molecular flexibility index (Phi) is 7.12. The van der Waals surface area contributed by atoms with E-state index in [0.717, 1.165) is 0 Å². The molecular weight excluding hydrogens is 232 g/mol. The third-order valence-corrected chi connectivity index (χ3v) is 2.00. The summed E-state index contributed by atoms with van der Waals surface area (Å²) in [5.41, 5.74) is 0.604. The zero-order valence-corrected chi connectivity index (χ0v) is 10.7. The molecule has 1 rings (SSSR count). The summed E-state index contributed by atoms with van der Waals surface area (Å²) < 4.78 is 0.